The van der Waals surface area contributed by atoms with Crippen molar-refractivity contribution in [3.05, 3.63) is 0 Å². The van der Waals surface area contributed by atoms with Gasteiger partial charge in [0.25, 0.3) is 0 Å². The fourth-order valence-corrected chi connectivity index (χ4v) is 0.673. The lowest BCUT2D eigenvalue weighted by Gasteiger charge is -2.05. The van der Waals surface area contributed by atoms with Crippen LogP contribution in [-0.4, -0.2) is 26.2 Å². The van der Waals surface area contributed by atoms with Gasteiger partial charge in [-0.1, -0.05) is 0 Å². The molecule has 4 heteroatoms. The molecule has 0 heterocycles. The molecule has 0 saturated heterocycles. The smallest absolute Gasteiger partial charge is 0.148 e. The summed E-state index contributed by atoms with van der Waals surface area (Å²) in [4.78, 5) is 0. The lowest BCUT2D eigenvalue weighted by Crippen LogP contribution is -2.15. The van der Waals surface area contributed by atoms with Gasteiger partial charge in [-0.15, -0.1) is 0 Å². The summed E-state index contributed by atoms with van der Waals surface area (Å²) >= 11 is 0. The summed E-state index contributed by atoms with van der Waals surface area (Å²) in [6, 6.07) is 0.258. The van der Waals surface area contributed by atoms with E-state index in [1.54, 1.807) is 0 Å². The molecular formula is C7H18N2O2. The topological polar surface area (TPSA) is 70.5 Å². The summed E-state index contributed by atoms with van der Waals surface area (Å²) in [5.41, 5.74) is 10.6. The van der Waals surface area contributed by atoms with Crippen molar-refractivity contribution >= 4 is 0 Å². The molecule has 0 aromatic rings. The second-order valence-corrected chi connectivity index (χ2v) is 2.52. The van der Waals surface area contributed by atoms with Gasteiger partial charge >= 0.3 is 0 Å². The Morgan fingerprint density at radius 3 is 2.64 bits per heavy atom. The van der Waals surface area contributed by atoms with Gasteiger partial charge in [-0.3, -0.25) is 0 Å². The van der Waals surface area contributed by atoms with Crippen LogP contribution in [0.15, 0.2) is 0 Å². The Labute approximate surface area is 67.8 Å². The first-order chi connectivity index (χ1) is 5.27. The third kappa shape index (κ3) is 9.84. The molecular weight excluding hydrogens is 144 g/mol. The predicted molar refractivity (Wildman–Crippen MR) is 43.8 cm³/mol. The number of nitrogens with two attached hydrogens (primary N) is 2. The maximum Gasteiger partial charge on any atom is 0.148 e. The molecule has 0 aliphatic heterocycles. The zero-order valence-corrected chi connectivity index (χ0v) is 7.08. The molecule has 4 nitrogen and oxygen atoms in total. The lowest BCUT2D eigenvalue weighted by molar-refractivity contribution is -0.0526. The quantitative estimate of drug-likeness (QED) is 0.409. The second kappa shape index (κ2) is 7.94. The molecule has 11 heavy (non-hydrogen) atoms. The average molecular weight is 162 g/mol. The molecule has 0 amide bonds. The van der Waals surface area contributed by atoms with E-state index in [0.717, 1.165) is 12.8 Å². The Hall–Kier alpha value is -0.160. The summed E-state index contributed by atoms with van der Waals surface area (Å²) in [6.07, 6.45) is 1.97. The van der Waals surface area contributed by atoms with E-state index in [4.69, 9.17) is 20.9 Å². The molecule has 0 aliphatic rings. The average Bonchev–Trinajstić information content (AvgIpc) is 1.96. The van der Waals surface area contributed by atoms with Crippen LogP contribution in [0.3, 0.4) is 0 Å². The monoisotopic (exact) mass is 162 g/mol. The molecule has 0 aromatic heterocycles. The lowest BCUT2D eigenvalue weighted by atomic mass is 10.2. The summed E-state index contributed by atoms with van der Waals surface area (Å²) in [5.74, 6) is 0. The van der Waals surface area contributed by atoms with Crippen LogP contribution >= 0.6 is 0 Å². The van der Waals surface area contributed by atoms with Crippen LogP contribution in [-0.2, 0) is 9.47 Å². The number of hydrogen-bond acceptors (Lipinski definition) is 4. The molecule has 0 radical (unpaired) electrons. The van der Waals surface area contributed by atoms with Gasteiger partial charge in [0.2, 0.25) is 0 Å². The molecule has 0 spiro atoms. The molecule has 0 bridgehead atoms. The van der Waals surface area contributed by atoms with Crippen LogP contribution in [0.1, 0.15) is 19.8 Å². The Balaban J connectivity index is 2.80. The first kappa shape index (κ1) is 10.8. The van der Waals surface area contributed by atoms with Crippen LogP contribution in [0.2, 0.25) is 0 Å². The first-order valence-corrected chi connectivity index (χ1v) is 3.88. The van der Waals surface area contributed by atoms with E-state index < -0.39 is 0 Å². The molecule has 68 valence electrons. The van der Waals surface area contributed by atoms with Gasteiger partial charge in [0.15, 0.2) is 0 Å². The van der Waals surface area contributed by atoms with Gasteiger partial charge in [0, 0.05) is 12.6 Å². The van der Waals surface area contributed by atoms with E-state index in [9.17, 15) is 0 Å². The minimum Gasteiger partial charge on any atom is -0.355 e. The van der Waals surface area contributed by atoms with Crippen molar-refractivity contribution in [1.29, 1.82) is 0 Å². The van der Waals surface area contributed by atoms with Crippen molar-refractivity contribution in [2.24, 2.45) is 11.5 Å². The van der Waals surface area contributed by atoms with Crippen molar-refractivity contribution < 1.29 is 9.47 Å². The van der Waals surface area contributed by atoms with Crippen LogP contribution < -0.4 is 11.5 Å². The van der Waals surface area contributed by atoms with Gasteiger partial charge < -0.3 is 20.9 Å². The normalized spacial score (nSPS) is 13.4. The maximum atomic E-state index is 5.53. The van der Waals surface area contributed by atoms with Gasteiger partial charge in [-0.05, 0) is 19.8 Å². The fraction of sp³-hybridized carbons (Fsp3) is 1.00. The highest BCUT2D eigenvalue weighted by atomic mass is 16.7. The highest BCUT2D eigenvalue weighted by molar-refractivity contribution is 4.51. The Morgan fingerprint density at radius 2 is 2.09 bits per heavy atom. The molecule has 1 unspecified atom stereocenters. The summed E-state index contributed by atoms with van der Waals surface area (Å²) in [7, 11) is 0. The molecule has 0 rings (SSSR count). The summed E-state index contributed by atoms with van der Waals surface area (Å²) in [6.45, 7) is 3.18. The van der Waals surface area contributed by atoms with Crippen molar-refractivity contribution in [2.75, 3.05) is 20.1 Å². The zero-order valence-electron chi connectivity index (χ0n) is 7.08. The number of rotatable bonds is 7. The largest absolute Gasteiger partial charge is 0.355 e. The molecule has 0 saturated carbocycles. The fourth-order valence-electron chi connectivity index (χ4n) is 0.673. The predicted octanol–water partition coefficient (Wildman–Crippen LogP) is 0.0207. The molecule has 0 fully saturated rings. The van der Waals surface area contributed by atoms with E-state index in [1.165, 1.54) is 0 Å². The molecule has 0 aliphatic carbocycles. The van der Waals surface area contributed by atoms with Gasteiger partial charge in [-0.2, -0.15) is 0 Å². The van der Waals surface area contributed by atoms with E-state index in [0.29, 0.717) is 6.61 Å². The van der Waals surface area contributed by atoms with Crippen molar-refractivity contribution in [3.8, 4) is 0 Å². The Morgan fingerprint density at radius 1 is 1.36 bits per heavy atom. The second-order valence-electron chi connectivity index (χ2n) is 2.52. The van der Waals surface area contributed by atoms with Crippen LogP contribution in [0.4, 0.5) is 0 Å². The standard InChI is InChI=1S/C7H18N2O2/c1-7(9)3-2-4-10-6-11-5-8/h7H,2-6,8-9H2,1H3. The Kier molecular flexibility index (Phi) is 7.83. The van der Waals surface area contributed by atoms with E-state index >= 15 is 0 Å². The summed E-state index contributed by atoms with van der Waals surface area (Å²) < 4.78 is 9.83. The van der Waals surface area contributed by atoms with Crippen LogP contribution in [0, 0.1) is 0 Å². The van der Waals surface area contributed by atoms with Gasteiger partial charge in [-0.25, -0.2) is 0 Å². The maximum absolute atomic E-state index is 5.53. The molecule has 4 N–H and O–H groups in total. The molecule has 0 aromatic carbocycles. The third-order valence-corrected chi connectivity index (χ3v) is 1.23. The number of hydrogen-bond donors (Lipinski definition) is 2. The highest BCUT2D eigenvalue weighted by Gasteiger charge is 1.93. The molecule has 1 atom stereocenters. The van der Waals surface area contributed by atoms with Crippen molar-refractivity contribution in [2.45, 2.75) is 25.8 Å². The van der Waals surface area contributed by atoms with Gasteiger partial charge in [0.1, 0.15) is 6.79 Å². The first-order valence-electron chi connectivity index (χ1n) is 3.88. The van der Waals surface area contributed by atoms with Gasteiger partial charge in [0.05, 0.1) is 6.73 Å². The Bertz CT molecular complexity index is 78.8. The van der Waals surface area contributed by atoms with Crippen LogP contribution in [0.25, 0.3) is 0 Å². The van der Waals surface area contributed by atoms with E-state index in [-0.39, 0.29) is 19.6 Å². The SMILES string of the molecule is CC(N)CCCOCOCN. The third-order valence-electron chi connectivity index (χ3n) is 1.23. The van der Waals surface area contributed by atoms with E-state index in [2.05, 4.69) is 0 Å². The highest BCUT2D eigenvalue weighted by Crippen LogP contribution is 1.93. The minimum absolute atomic E-state index is 0.216. The van der Waals surface area contributed by atoms with Crippen molar-refractivity contribution in [1.82, 2.24) is 0 Å². The van der Waals surface area contributed by atoms with Crippen LogP contribution in [0.5, 0.6) is 0 Å². The van der Waals surface area contributed by atoms with E-state index in [1.807, 2.05) is 6.92 Å². The number of ether oxygens (including phenoxy) is 2. The summed E-state index contributed by atoms with van der Waals surface area (Å²) in [5, 5.41) is 0. The van der Waals surface area contributed by atoms with Crippen molar-refractivity contribution in [3.63, 3.8) is 0 Å². The zero-order chi connectivity index (χ0) is 8.53. The minimum atomic E-state index is 0.216.